The molecule has 0 nitrogen and oxygen atoms in total. The zero-order valence-corrected chi connectivity index (χ0v) is 21.6. The van der Waals surface area contributed by atoms with Gasteiger partial charge in [-0.2, -0.15) is 0 Å². The maximum absolute atomic E-state index is 8.30. The van der Waals surface area contributed by atoms with E-state index >= 15 is 0 Å². The van der Waals surface area contributed by atoms with E-state index in [1.807, 2.05) is 24.3 Å². The first-order valence-corrected chi connectivity index (χ1v) is 14.9. The first-order chi connectivity index (χ1) is 16.9. The summed E-state index contributed by atoms with van der Waals surface area (Å²) in [6.07, 6.45) is 8.12. The van der Waals surface area contributed by atoms with Crippen molar-refractivity contribution in [1.29, 1.82) is 0 Å². The molecule has 0 heterocycles. The normalized spacial score (nSPS) is 12.2. The molecule has 0 aliphatic heterocycles. The van der Waals surface area contributed by atoms with Crippen LogP contribution in [-0.2, 0) is 6.16 Å². The van der Waals surface area contributed by atoms with Crippen LogP contribution in [0.2, 0.25) is 0 Å². The summed E-state index contributed by atoms with van der Waals surface area (Å²) in [4.78, 5) is 0. The Morgan fingerprint density at radius 2 is 0.714 bits per heavy atom. The van der Waals surface area contributed by atoms with Gasteiger partial charge in [0.1, 0.15) is 0 Å². The summed E-state index contributed by atoms with van der Waals surface area (Å²) in [7, 11) is 0. The number of hydrogen-bond donors (Lipinski definition) is 0. The zero-order valence-electron chi connectivity index (χ0n) is 19.9. The van der Waals surface area contributed by atoms with Crippen LogP contribution >= 0.6 is 17.2 Å². The minimum atomic E-state index is -3.48. The molecule has 0 atom stereocenters. The number of rotatable bonds is 9. The van der Waals surface area contributed by atoms with Crippen molar-refractivity contribution >= 4 is 57.4 Å². The van der Waals surface area contributed by atoms with Gasteiger partial charge in [0.25, 0.3) is 0 Å². The summed E-state index contributed by atoms with van der Waals surface area (Å²) in [6, 6.07) is 34.1. The first kappa shape index (κ1) is 24.7. The van der Waals surface area contributed by atoms with Crippen LogP contribution in [0.4, 0.5) is 0 Å². The molecule has 0 saturated carbocycles. The molecule has 4 aromatic carbocycles. The molecule has 0 N–H and O–H groups in total. The molecule has 0 aromatic heterocycles. The molecule has 0 bridgehead atoms. The average molecular weight is 493 g/mol. The Morgan fingerprint density at radius 3 is 0.971 bits per heavy atom. The Kier molecular flexibility index (Phi) is 7.08. The van der Waals surface area contributed by atoms with Gasteiger partial charge in [-0.15, -0.1) is 0 Å². The predicted octanol–water partition coefficient (Wildman–Crippen LogP) is 8.44. The van der Waals surface area contributed by atoms with Crippen LogP contribution < -0.4 is 15.9 Å². The maximum atomic E-state index is 8.30. The molecule has 0 saturated heterocycles. The van der Waals surface area contributed by atoms with Crippen molar-refractivity contribution in [3.05, 3.63) is 151 Å². The van der Waals surface area contributed by atoms with Gasteiger partial charge in [-0.1, -0.05) is 0 Å². The molecule has 0 spiro atoms. The molecule has 0 unspecified atom stereocenters. The Labute approximate surface area is 214 Å². The van der Waals surface area contributed by atoms with Crippen LogP contribution in [0.15, 0.2) is 123 Å². The molecule has 35 heavy (non-hydrogen) atoms. The van der Waals surface area contributed by atoms with Crippen molar-refractivity contribution in [2.24, 2.45) is 0 Å². The van der Waals surface area contributed by atoms with Crippen LogP contribution in [0.3, 0.4) is 0 Å². The van der Waals surface area contributed by atoms with Gasteiger partial charge in [0, 0.05) is 0 Å². The van der Waals surface area contributed by atoms with E-state index in [2.05, 4.69) is 123 Å². The van der Waals surface area contributed by atoms with Crippen LogP contribution in [0.5, 0.6) is 0 Å². The van der Waals surface area contributed by atoms with Crippen molar-refractivity contribution in [2.45, 2.75) is 6.16 Å². The van der Waals surface area contributed by atoms with E-state index in [-0.39, 0.29) is 0 Å². The van der Waals surface area contributed by atoms with Crippen LogP contribution in [-0.4, -0.2) is 0 Å². The molecule has 174 valence electrons. The van der Waals surface area contributed by atoms with Gasteiger partial charge < -0.3 is 0 Å². The van der Waals surface area contributed by atoms with Crippen LogP contribution in [0.1, 0.15) is 27.8 Å². The summed E-state index contributed by atoms with van der Waals surface area (Å²) in [5, 5.41) is 3.36. The van der Waals surface area contributed by atoms with Gasteiger partial charge in [-0.25, -0.2) is 0 Å². The molecule has 0 amide bonds. The molecule has 0 aliphatic rings. The van der Waals surface area contributed by atoms with Gasteiger partial charge in [0.15, 0.2) is 0 Å². The Morgan fingerprint density at radius 1 is 0.457 bits per heavy atom. The second-order valence-electron chi connectivity index (χ2n) is 8.67. The second-order valence-corrected chi connectivity index (χ2v) is 15.1. The quantitative estimate of drug-likeness (QED) is 0.206. The summed E-state index contributed by atoms with van der Waals surface area (Å²) in [5.41, 5.74) is 5.46. The molecular weight excluding hydrogens is 463 g/mol. The fraction of sp³-hybridized carbons (Fsp3) is 0.0303. The van der Waals surface area contributed by atoms with E-state index in [1.165, 1.54) is 5.56 Å². The molecular formula is C33H30ClP. The molecule has 2 heteroatoms. The zero-order chi connectivity index (χ0) is 24.9. The van der Waals surface area contributed by atoms with Crippen molar-refractivity contribution < 1.29 is 0 Å². The molecule has 4 rings (SSSR count). The molecule has 0 aliphatic carbocycles. The van der Waals surface area contributed by atoms with Crippen molar-refractivity contribution in [1.82, 2.24) is 0 Å². The molecule has 0 fully saturated rings. The second kappa shape index (κ2) is 10.0. The van der Waals surface area contributed by atoms with Gasteiger partial charge in [0.2, 0.25) is 0 Å². The fourth-order valence-corrected chi connectivity index (χ4v) is 10.7. The van der Waals surface area contributed by atoms with Gasteiger partial charge in [-0.05, 0) is 0 Å². The predicted molar refractivity (Wildman–Crippen MR) is 162 cm³/mol. The van der Waals surface area contributed by atoms with E-state index in [4.69, 9.17) is 11.2 Å². The van der Waals surface area contributed by atoms with Crippen molar-refractivity contribution in [2.75, 3.05) is 0 Å². The summed E-state index contributed by atoms with van der Waals surface area (Å²) in [6.45, 7) is 15.7. The monoisotopic (exact) mass is 492 g/mol. The van der Waals surface area contributed by atoms with Crippen molar-refractivity contribution in [3.8, 4) is 0 Å². The van der Waals surface area contributed by atoms with Crippen LogP contribution in [0, 0.1) is 0 Å². The van der Waals surface area contributed by atoms with Gasteiger partial charge in [0.05, 0.1) is 0 Å². The summed E-state index contributed by atoms with van der Waals surface area (Å²) >= 11 is 8.30. The average Bonchev–Trinajstić information content (AvgIpc) is 2.93. The third-order valence-corrected chi connectivity index (χ3v) is 13.9. The number of halogens is 1. The fourth-order valence-electron chi connectivity index (χ4n) is 4.59. The number of benzene rings is 4. The number of hydrogen-bond acceptors (Lipinski definition) is 0. The molecule has 0 radical (unpaired) electrons. The molecule has 4 aromatic rings. The van der Waals surface area contributed by atoms with Crippen LogP contribution in [0.25, 0.3) is 24.3 Å². The Bertz CT molecular complexity index is 1230. The minimum absolute atomic E-state index is 0.679. The third-order valence-electron chi connectivity index (χ3n) is 6.70. The Hall–Kier alpha value is -3.44. The van der Waals surface area contributed by atoms with E-state index in [0.29, 0.717) is 6.16 Å². The summed E-state index contributed by atoms with van der Waals surface area (Å²) < 4.78 is 0. The standard InChI is InChI=1S/C33H30ClP/c1-5-26-9-11-30(12-10-26)25-35(34,31-19-13-27(6-2)14-20-31,32-21-15-28(7-3)16-22-32)33-23-17-29(8-4)18-24-33/h5-24H,1-4,25H2. The van der Waals surface area contributed by atoms with Crippen molar-refractivity contribution in [3.63, 3.8) is 0 Å². The van der Waals surface area contributed by atoms with Gasteiger partial charge in [-0.3, -0.25) is 0 Å². The van der Waals surface area contributed by atoms with E-state index in [9.17, 15) is 0 Å². The van der Waals surface area contributed by atoms with E-state index < -0.39 is 5.96 Å². The third kappa shape index (κ3) is 4.48. The SMILES string of the molecule is C=Cc1ccc(CP(Cl)(c2ccc(C=C)cc2)(c2ccc(C=C)cc2)c2ccc(C=C)cc2)cc1. The summed E-state index contributed by atoms with van der Waals surface area (Å²) in [5.74, 6) is -3.48. The van der Waals surface area contributed by atoms with E-state index in [1.54, 1.807) is 0 Å². The van der Waals surface area contributed by atoms with E-state index in [0.717, 1.165) is 38.2 Å². The Balaban J connectivity index is 2.07. The first-order valence-electron chi connectivity index (χ1n) is 11.6. The van der Waals surface area contributed by atoms with Gasteiger partial charge >= 0.3 is 215 Å². The topological polar surface area (TPSA) is 0 Å².